The van der Waals surface area contributed by atoms with Crippen LogP contribution in [0.1, 0.15) is 26.5 Å². The highest BCUT2D eigenvalue weighted by Crippen LogP contribution is 2.41. The van der Waals surface area contributed by atoms with Crippen molar-refractivity contribution in [1.82, 2.24) is 19.6 Å². The maximum atomic E-state index is 13.0. The minimum absolute atomic E-state index is 0.0110. The van der Waals surface area contributed by atoms with Gasteiger partial charge in [0.25, 0.3) is 5.91 Å². The zero-order valence-corrected chi connectivity index (χ0v) is 18.2. The minimum atomic E-state index is -0.137. The van der Waals surface area contributed by atoms with E-state index in [-0.39, 0.29) is 30.8 Å². The van der Waals surface area contributed by atoms with E-state index in [1.807, 2.05) is 13.0 Å². The number of hydrogen-bond donors (Lipinski definition) is 0. The van der Waals surface area contributed by atoms with Crippen molar-refractivity contribution >= 4 is 34.1 Å². The number of carbonyl (C=O) groups excluding carboxylic acids is 3. The first-order valence-corrected chi connectivity index (χ1v) is 10.7. The summed E-state index contributed by atoms with van der Waals surface area (Å²) in [6, 6.07) is 1.87. The number of anilines is 1. The van der Waals surface area contributed by atoms with Gasteiger partial charge in [0, 0.05) is 31.8 Å². The summed E-state index contributed by atoms with van der Waals surface area (Å²) in [7, 11) is 3.24. The zero-order valence-electron chi connectivity index (χ0n) is 17.4. The number of rotatable bonds is 5. The smallest absolute Gasteiger partial charge is 0.257 e. The van der Waals surface area contributed by atoms with Crippen LogP contribution in [0.5, 0.6) is 0 Å². The van der Waals surface area contributed by atoms with E-state index in [1.54, 1.807) is 34.8 Å². The van der Waals surface area contributed by atoms with Crippen LogP contribution in [0.2, 0.25) is 0 Å². The molecule has 4 rings (SSSR count). The zero-order chi connectivity index (χ0) is 21.4. The summed E-state index contributed by atoms with van der Waals surface area (Å²) < 4.78 is 6.80. The molecule has 160 valence electrons. The molecule has 0 bridgehead atoms. The number of likely N-dealkylation sites (N-methyl/N-ethyl adjacent to an activating group) is 1. The van der Waals surface area contributed by atoms with Crippen molar-refractivity contribution in [2.75, 3.05) is 45.3 Å². The third-order valence-electron chi connectivity index (χ3n) is 5.46. The summed E-state index contributed by atoms with van der Waals surface area (Å²) in [6.07, 6.45) is 2.39. The maximum Gasteiger partial charge on any atom is 0.257 e. The number of nitrogens with zero attached hydrogens (tertiary/aromatic N) is 5. The quantitative estimate of drug-likeness (QED) is 0.702. The van der Waals surface area contributed by atoms with E-state index in [4.69, 9.17) is 4.74 Å². The molecule has 0 saturated carbocycles. The van der Waals surface area contributed by atoms with Crippen molar-refractivity contribution in [2.24, 2.45) is 0 Å². The molecular formula is C20H25N5O4S. The Hall–Kier alpha value is -2.72. The van der Waals surface area contributed by atoms with Crippen LogP contribution in [0.3, 0.4) is 0 Å². The number of aryl methyl sites for hydroxylation is 1. The fourth-order valence-corrected chi connectivity index (χ4v) is 5.27. The second-order valence-corrected chi connectivity index (χ2v) is 8.69. The number of fused-ring (bicyclic) bond motifs is 3. The number of amides is 3. The molecule has 0 spiro atoms. The summed E-state index contributed by atoms with van der Waals surface area (Å²) in [5.41, 5.74) is 2.44. The van der Waals surface area contributed by atoms with Crippen LogP contribution in [-0.4, -0.2) is 77.7 Å². The Labute approximate surface area is 178 Å². The van der Waals surface area contributed by atoms with Crippen LogP contribution in [0.15, 0.2) is 12.3 Å². The number of ether oxygens (including phenoxy) is 1. The lowest BCUT2D eigenvalue weighted by atomic mass is 10.0. The van der Waals surface area contributed by atoms with Crippen molar-refractivity contribution < 1.29 is 19.1 Å². The van der Waals surface area contributed by atoms with Gasteiger partial charge in [0.1, 0.15) is 18.1 Å². The van der Waals surface area contributed by atoms with Crippen LogP contribution in [0, 0.1) is 6.92 Å². The largest absolute Gasteiger partial charge is 0.383 e. The van der Waals surface area contributed by atoms with Gasteiger partial charge in [-0.05, 0) is 25.0 Å². The lowest BCUT2D eigenvalue weighted by Gasteiger charge is -2.27. The highest BCUT2D eigenvalue weighted by molar-refractivity contribution is 7.17. The van der Waals surface area contributed by atoms with Crippen molar-refractivity contribution in [3.8, 4) is 0 Å². The van der Waals surface area contributed by atoms with E-state index in [0.717, 1.165) is 16.1 Å². The topological polar surface area (TPSA) is 88.0 Å². The molecule has 2 aromatic rings. The molecule has 2 aliphatic heterocycles. The molecule has 2 aromatic heterocycles. The van der Waals surface area contributed by atoms with Gasteiger partial charge in [0.15, 0.2) is 0 Å². The summed E-state index contributed by atoms with van der Waals surface area (Å²) in [5, 5.41) is 4.96. The van der Waals surface area contributed by atoms with Crippen LogP contribution >= 0.6 is 11.3 Å². The van der Waals surface area contributed by atoms with Gasteiger partial charge < -0.3 is 14.5 Å². The third kappa shape index (κ3) is 3.72. The Kier molecular flexibility index (Phi) is 5.61. The second kappa shape index (κ2) is 8.19. The van der Waals surface area contributed by atoms with E-state index in [0.29, 0.717) is 43.2 Å². The normalized spacial score (nSPS) is 16.6. The van der Waals surface area contributed by atoms with Gasteiger partial charge in [-0.2, -0.15) is 5.10 Å². The summed E-state index contributed by atoms with van der Waals surface area (Å²) in [5.74, 6) is -0.270. The van der Waals surface area contributed by atoms with E-state index in [1.165, 1.54) is 16.2 Å². The van der Waals surface area contributed by atoms with Gasteiger partial charge in [0.05, 0.1) is 31.0 Å². The number of carbonyl (C=O) groups is 3. The van der Waals surface area contributed by atoms with E-state index >= 15 is 0 Å². The highest BCUT2D eigenvalue weighted by atomic mass is 32.1. The number of methoxy groups -OCH3 is 1. The first kappa shape index (κ1) is 20.5. The standard InChI is InChI=1S/C20H25N5O4S/c1-13-4-7-24(21-13)12-16(26)23-6-5-14-15(10-23)30-20-18(14)19(28)22(2)11-17(27)25(20)8-9-29-3/h4,7H,5-6,8-12H2,1-3H3. The van der Waals surface area contributed by atoms with Gasteiger partial charge in [-0.25, -0.2) is 0 Å². The van der Waals surface area contributed by atoms with Crippen molar-refractivity contribution in [3.63, 3.8) is 0 Å². The van der Waals surface area contributed by atoms with Gasteiger partial charge in [-0.3, -0.25) is 24.0 Å². The molecule has 0 aromatic carbocycles. The summed E-state index contributed by atoms with van der Waals surface area (Å²) in [4.78, 5) is 44.4. The average Bonchev–Trinajstić information content (AvgIpc) is 3.27. The van der Waals surface area contributed by atoms with Crippen LogP contribution in [-0.2, 0) is 33.8 Å². The Bertz CT molecular complexity index is 997. The molecule has 2 aliphatic rings. The lowest BCUT2D eigenvalue weighted by molar-refractivity contribution is -0.132. The van der Waals surface area contributed by atoms with Gasteiger partial charge >= 0.3 is 0 Å². The molecule has 30 heavy (non-hydrogen) atoms. The molecule has 10 heteroatoms. The minimum Gasteiger partial charge on any atom is -0.383 e. The van der Waals surface area contributed by atoms with Crippen LogP contribution in [0.25, 0.3) is 0 Å². The number of hydrogen-bond acceptors (Lipinski definition) is 6. The highest BCUT2D eigenvalue weighted by Gasteiger charge is 2.37. The van der Waals surface area contributed by atoms with Crippen molar-refractivity contribution in [3.05, 3.63) is 34.0 Å². The van der Waals surface area contributed by atoms with Gasteiger partial charge in [0.2, 0.25) is 11.8 Å². The fourth-order valence-electron chi connectivity index (χ4n) is 3.88. The van der Waals surface area contributed by atoms with Crippen LogP contribution < -0.4 is 4.90 Å². The molecule has 9 nitrogen and oxygen atoms in total. The van der Waals surface area contributed by atoms with Crippen molar-refractivity contribution in [2.45, 2.75) is 26.4 Å². The predicted molar refractivity (Wildman–Crippen MR) is 112 cm³/mol. The SMILES string of the molecule is COCCN1C(=O)CN(C)C(=O)c2c1sc1c2CCN(C(=O)Cn2ccc(C)n2)C1. The molecule has 0 unspecified atom stereocenters. The Balaban J connectivity index is 1.61. The van der Waals surface area contributed by atoms with E-state index in [2.05, 4.69) is 5.10 Å². The van der Waals surface area contributed by atoms with E-state index in [9.17, 15) is 14.4 Å². The fraction of sp³-hybridized carbons (Fsp3) is 0.500. The van der Waals surface area contributed by atoms with Gasteiger partial charge in [-0.15, -0.1) is 11.3 Å². The number of aromatic nitrogens is 2. The predicted octanol–water partition coefficient (Wildman–Crippen LogP) is 0.903. The molecule has 0 radical (unpaired) electrons. The second-order valence-electron chi connectivity index (χ2n) is 7.60. The molecule has 0 saturated heterocycles. The monoisotopic (exact) mass is 431 g/mol. The van der Waals surface area contributed by atoms with Crippen LogP contribution in [0.4, 0.5) is 5.00 Å². The Morgan fingerprint density at radius 2 is 2.10 bits per heavy atom. The maximum absolute atomic E-state index is 13.0. The number of thiophene rings is 1. The summed E-state index contributed by atoms with van der Waals surface area (Å²) in [6.45, 7) is 3.88. The van der Waals surface area contributed by atoms with Gasteiger partial charge in [-0.1, -0.05) is 0 Å². The molecule has 0 N–H and O–H groups in total. The first-order valence-electron chi connectivity index (χ1n) is 9.86. The molecule has 3 amide bonds. The first-order chi connectivity index (χ1) is 14.4. The lowest BCUT2D eigenvalue weighted by Crippen LogP contribution is -2.39. The molecule has 0 atom stereocenters. The van der Waals surface area contributed by atoms with E-state index < -0.39 is 0 Å². The Morgan fingerprint density at radius 1 is 1.30 bits per heavy atom. The molecule has 0 aliphatic carbocycles. The summed E-state index contributed by atoms with van der Waals surface area (Å²) >= 11 is 1.44. The molecule has 0 fully saturated rings. The Morgan fingerprint density at radius 3 is 2.80 bits per heavy atom. The molecular weight excluding hydrogens is 406 g/mol. The average molecular weight is 432 g/mol. The van der Waals surface area contributed by atoms with Crippen molar-refractivity contribution in [1.29, 1.82) is 0 Å². The third-order valence-corrected chi connectivity index (χ3v) is 6.70. The molecule has 4 heterocycles.